The molecule has 1 aromatic carbocycles. The second kappa shape index (κ2) is 10.0. The molecule has 3 N–H and O–H groups in total. The van der Waals surface area contributed by atoms with E-state index in [1.54, 1.807) is 31.3 Å². The highest BCUT2D eigenvalue weighted by Crippen LogP contribution is 2.46. The summed E-state index contributed by atoms with van der Waals surface area (Å²) in [6.45, 7) is 9.43. The van der Waals surface area contributed by atoms with E-state index in [1.165, 1.54) is 0 Å². The van der Waals surface area contributed by atoms with E-state index in [9.17, 15) is 9.59 Å². The second-order valence-corrected chi connectivity index (χ2v) is 8.88. The van der Waals surface area contributed by atoms with Crippen molar-refractivity contribution in [2.24, 2.45) is 11.8 Å². The third kappa shape index (κ3) is 4.60. The van der Waals surface area contributed by atoms with E-state index in [2.05, 4.69) is 17.2 Å². The smallest absolute Gasteiger partial charge is 0.254 e. The molecular formula is C26H32N2O6. The van der Waals surface area contributed by atoms with Crippen LogP contribution >= 0.6 is 0 Å². The molecule has 0 aromatic heterocycles. The lowest BCUT2D eigenvalue weighted by Crippen LogP contribution is -2.30. The number of carbonyl (C=O) groups is 2. The Morgan fingerprint density at radius 3 is 2.65 bits per heavy atom. The molecule has 4 rings (SSSR count). The lowest BCUT2D eigenvalue weighted by molar-refractivity contribution is 0.0928. The second-order valence-electron chi connectivity index (χ2n) is 8.88. The number of aliphatic hydroxyl groups is 1. The molecule has 5 atom stereocenters. The van der Waals surface area contributed by atoms with E-state index >= 15 is 0 Å². The van der Waals surface area contributed by atoms with Crippen molar-refractivity contribution < 1.29 is 28.9 Å². The fourth-order valence-electron chi connectivity index (χ4n) is 4.88. The Kier molecular flexibility index (Phi) is 7.09. The molecule has 34 heavy (non-hydrogen) atoms. The van der Waals surface area contributed by atoms with Gasteiger partial charge >= 0.3 is 0 Å². The number of carbonyl (C=O) groups excluding carboxylic acids is 2. The molecule has 2 fully saturated rings. The Bertz CT molecular complexity index is 1040. The predicted molar refractivity (Wildman–Crippen MR) is 127 cm³/mol. The zero-order chi connectivity index (χ0) is 24.4. The van der Waals surface area contributed by atoms with E-state index in [4.69, 9.17) is 19.3 Å². The van der Waals surface area contributed by atoms with Crippen LogP contribution in [0.3, 0.4) is 0 Å². The van der Waals surface area contributed by atoms with E-state index < -0.39 is 0 Å². The van der Waals surface area contributed by atoms with Crippen molar-refractivity contribution >= 4 is 11.8 Å². The first-order chi connectivity index (χ1) is 16.4. The number of allylic oxidation sites excluding steroid dienone is 3. The summed E-state index contributed by atoms with van der Waals surface area (Å²) in [4.78, 5) is 25.8. The fourth-order valence-corrected chi connectivity index (χ4v) is 4.88. The van der Waals surface area contributed by atoms with Crippen LogP contribution in [0, 0.1) is 11.8 Å². The highest BCUT2D eigenvalue weighted by atomic mass is 16.5. The van der Waals surface area contributed by atoms with Gasteiger partial charge in [0, 0.05) is 42.0 Å². The highest BCUT2D eigenvalue weighted by Gasteiger charge is 2.54. The van der Waals surface area contributed by atoms with Crippen LogP contribution in [0.5, 0.6) is 5.75 Å². The zero-order valence-corrected chi connectivity index (χ0v) is 19.8. The quantitative estimate of drug-likeness (QED) is 0.379. The lowest BCUT2D eigenvalue weighted by Gasteiger charge is -2.17. The van der Waals surface area contributed by atoms with Crippen molar-refractivity contribution in [3.63, 3.8) is 0 Å². The maximum atomic E-state index is 13.1. The van der Waals surface area contributed by atoms with Gasteiger partial charge in [0.25, 0.3) is 11.8 Å². The van der Waals surface area contributed by atoms with Gasteiger partial charge in [0.1, 0.15) is 24.2 Å². The SMILES string of the molecule is C=C(/C=C(\C=C/C)OCCO)[C@@H]1c2cc(C(=O)NC3[C@H]4COC[C@@H]34)cc(C(=O)NC)c2O[C@H]1C. The van der Waals surface area contributed by atoms with Gasteiger partial charge in [-0.1, -0.05) is 12.7 Å². The summed E-state index contributed by atoms with van der Waals surface area (Å²) >= 11 is 0. The number of hydrogen-bond acceptors (Lipinski definition) is 6. The summed E-state index contributed by atoms with van der Waals surface area (Å²) in [6, 6.07) is 3.50. The maximum Gasteiger partial charge on any atom is 0.254 e. The Labute approximate surface area is 199 Å². The monoisotopic (exact) mass is 468 g/mol. The fraction of sp³-hybridized carbons (Fsp3) is 0.462. The molecule has 8 heteroatoms. The highest BCUT2D eigenvalue weighted by molar-refractivity contribution is 6.02. The zero-order valence-electron chi connectivity index (χ0n) is 19.8. The van der Waals surface area contributed by atoms with Crippen LogP contribution in [0.15, 0.2) is 48.3 Å². The minimum atomic E-state index is -0.322. The first-order valence-electron chi connectivity index (χ1n) is 11.6. The average molecular weight is 469 g/mol. The average Bonchev–Trinajstić information content (AvgIpc) is 3.15. The van der Waals surface area contributed by atoms with E-state index in [-0.39, 0.29) is 43.1 Å². The van der Waals surface area contributed by atoms with Gasteiger partial charge in [0.2, 0.25) is 0 Å². The number of fused-ring (bicyclic) bond motifs is 2. The molecule has 0 bridgehead atoms. The van der Waals surface area contributed by atoms with Crippen molar-refractivity contribution in [3.05, 3.63) is 65.0 Å². The van der Waals surface area contributed by atoms with E-state index in [0.29, 0.717) is 53.3 Å². The van der Waals surface area contributed by atoms with Crippen LogP contribution in [0.4, 0.5) is 0 Å². The van der Waals surface area contributed by atoms with Crippen LogP contribution in [-0.4, -0.2) is 62.5 Å². The molecule has 2 heterocycles. The Balaban J connectivity index is 1.66. The van der Waals surface area contributed by atoms with Crippen molar-refractivity contribution in [1.82, 2.24) is 10.6 Å². The third-order valence-corrected chi connectivity index (χ3v) is 6.63. The standard InChI is InChI=1S/C26H32N2O6/c1-5-6-17(33-8-7-29)9-14(2)22-15(3)34-24-18(22)10-16(11-19(24)26(31)27-4)25(30)28-23-20-12-32-13-21(20)23/h5-6,9-11,15,20-23,29H,2,7-8,12-13H2,1,3-4H3,(H,27,31)(H,28,30)/b6-5-,17-9+/t15-,20-,21+,22-,23?/m0/s1. The molecule has 1 aromatic rings. The van der Waals surface area contributed by atoms with Gasteiger partial charge in [-0.15, -0.1) is 0 Å². The molecule has 2 amide bonds. The molecule has 1 saturated carbocycles. The van der Waals surface area contributed by atoms with Gasteiger partial charge < -0.3 is 30.0 Å². The number of hydrogen-bond donors (Lipinski definition) is 3. The van der Waals surface area contributed by atoms with Gasteiger partial charge in [-0.2, -0.15) is 0 Å². The molecule has 0 radical (unpaired) electrons. The summed E-state index contributed by atoms with van der Waals surface area (Å²) < 4.78 is 17.1. The lowest BCUT2D eigenvalue weighted by atomic mass is 9.87. The predicted octanol–water partition coefficient (Wildman–Crippen LogP) is 2.31. The largest absolute Gasteiger partial charge is 0.491 e. The summed E-state index contributed by atoms with van der Waals surface area (Å²) in [5.41, 5.74) is 2.18. The minimum Gasteiger partial charge on any atom is -0.491 e. The molecule has 0 spiro atoms. The summed E-state index contributed by atoms with van der Waals surface area (Å²) in [5, 5.41) is 14.8. The maximum absolute atomic E-state index is 13.1. The van der Waals surface area contributed by atoms with Gasteiger partial charge in [0.15, 0.2) is 0 Å². The minimum absolute atomic E-state index is 0.101. The summed E-state index contributed by atoms with van der Waals surface area (Å²) in [6.07, 6.45) is 5.12. The molecular weight excluding hydrogens is 436 g/mol. The molecule has 3 aliphatic rings. The molecule has 1 aliphatic carbocycles. The van der Waals surface area contributed by atoms with Gasteiger partial charge in [-0.3, -0.25) is 9.59 Å². The van der Waals surface area contributed by atoms with Crippen LogP contribution in [0.2, 0.25) is 0 Å². The number of nitrogens with one attached hydrogen (secondary N) is 2. The van der Waals surface area contributed by atoms with Crippen molar-refractivity contribution in [1.29, 1.82) is 0 Å². The first kappa shape index (κ1) is 24.0. The molecule has 8 nitrogen and oxygen atoms in total. The van der Waals surface area contributed by atoms with Crippen molar-refractivity contribution in [3.8, 4) is 5.75 Å². The normalized spacial score (nSPS) is 27.1. The van der Waals surface area contributed by atoms with Crippen molar-refractivity contribution in [2.45, 2.75) is 31.9 Å². The number of aliphatic hydroxyl groups excluding tert-OH is 1. The van der Waals surface area contributed by atoms with Crippen molar-refractivity contribution in [2.75, 3.05) is 33.5 Å². The number of ether oxygens (including phenoxy) is 3. The molecule has 1 saturated heterocycles. The summed E-state index contributed by atoms with van der Waals surface area (Å²) in [7, 11) is 1.55. The molecule has 2 aliphatic heterocycles. The van der Waals surface area contributed by atoms with Crippen LogP contribution in [0.1, 0.15) is 46.0 Å². The van der Waals surface area contributed by atoms with Crippen LogP contribution in [0.25, 0.3) is 0 Å². The summed E-state index contributed by atoms with van der Waals surface area (Å²) in [5.74, 6) is 0.958. The Morgan fingerprint density at radius 1 is 1.26 bits per heavy atom. The first-order valence-corrected chi connectivity index (χ1v) is 11.6. The number of amides is 2. The third-order valence-electron chi connectivity index (χ3n) is 6.63. The molecule has 182 valence electrons. The number of benzene rings is 1. The Hall–Kier alpha value is -3.10. The van der Waals surface area contributed by atoms with Gasteiger partial charge in [0.05, 0.1) is 25.4 Å². The Morgan fingerprint density at radius 2 is 2.00 bits per heavy atom. The molecule has 1 unspecified atom stereocenters. The van der Waals surface area contributed by atoms with Crippen LogP contribution < -0.4 is 15.4 Å². The van der Waals surface area contributed by atoms with E-state index in [0.717, 1.165) is 5.56 Å². The van der Waals surface area contributed by atoms with Crippen LogP contribution in [-0.2, 0) is 9.47 Å². The van der Waals surface area contributed by atoms with E-state index in [1.807, 2.05) is 19.9 Å². The topological polar surface area (TPSA) is 106 Å². The van der Waals surface area contributed by atoms with Gasteiger partial charge in [-0.05, 0) is 43.7 Å². The number of rotatable bonds is 9. The van der Waals surface area contributed by atoms with Gasteiger partial charge in [-0.25, -0.2) is 0 Å².